The fourth-order valence-electron chi connectivity index (χ4n) is 4.90. The maximum atomic E-state index is 12.7. The van der Waals surface area contributed by atoms with Crippen LogP contribution in [0, 0.1) is 11.3 Å². The van der Waals surface area contributed by atoms with Crippen molar-refractivity contribution in [3.05, 3.63) is 23.8 Å². The fourth-order valence-corrected chi connectivity index (χ4v) is 4.90. The molecule has 126 valence electrons. The van der Waals surface area contributed by atoms with Gasteiger partial charge >= 0.3 is 0 Å². The molecule has 3 atom stereocenters. The Labute approximate surface area is 139 Å². The van der Waals surface area contributed by atoms with Gasteiger partial charge in [-0.1, -0.05) is 6.42 Å². The van der Waals surface area contributed by atoms with Crippen molar-refractivity contribution >= 4 is 17.5 Å². The quantitative estimate of drug-likeness (QED) is 0.866. The van der Waals surface area contributed by atoms with Crippen molar-refractivity contribution in [2.24, 2.45) is 11.3 Å². The highest BCUT2D eigenvalue weighted by molar-refractivity contribution is 6.00. The van der Waals surface area contributed by atoms with Crippen molar-refractivity contribution in [2.45, 2.75) is 37.8 Å². The summed E-state index contributed by atoms with van der Waals surface area (Å²) in [6.45, 7) is 0.831. The minimum Gasteiger partial charge on any atom is -0.482 e. The lowest BCUT2D eigenvalue weighted by Crippen LogP contribution is -2.71. The Morgan fingerprint density at radius 1 is 1.33 bits per heavy atom. The van der Waals surface area contributed by atoms with E-state index < -0.39 is 0 Å². The van der Waals surface area contributed by atoms with E-state index in [9.17, 15) is 9.59 Å². The van der Waals surface area contributed by atoms with Crippen LogP contribution in [0.3, 0.4) is 0 Å². The van der Waals surface area contributed by atoms with Crippen LogP contribution in [0.2, 0.25) is 0 Å². The third kappa shape index (κ3) is 1.86. The topological polar surface area (TPSA) is 76.7 Å². The van der Waals surface area contributed by atoms with E-state index in [2.05, 4.69) is 10.6 Å². The molecule has 2 saturated carbocycles. The molecule has 1 aromatic carbocycles. The van der Waals surface area contributed by atoms with Gasteiger partial charge in [-0.15, -0.1) is 0 Å². The Hall–Kier alpha value is -2.08. The summed E-state index contributed by atoms with van der Waals surface area (Å²) in [5, 5.41) is 5.99. The van der Waals surface area contributed by atoms with E-state index in [1.807, 2.05) is 0 Å². The van der Waals surface area contributed by atoms with Crippen LogP contribution in [0.4, 0.5) is 5.69 Å². The lowest BCUT2D eigenvalue weighted by molar-refractivity contribution is -0.172. The van der Waals surface area contributed by atoms with Crippen LogP contribution >= 0.6 is 0 Å². The zero-order valence-electron chi connectivity index (χ0n) is 13.3. The van der Waals surface area contributed by atoms with Crippen molar-refractivity contribution < 1.29 is 19.1 Å². The molecule has 0 bridgehead atoms. The minimum atomic E-state index is -0.196. The maximum Gasteiger partial charge on any atom is 0.262 e. The van der Waals surface area contributed by atoms with Gasteiger partial charge < -0.3 is 20.1 Å². The van der Waals surface area contributed by atoms with Gasteiger partial charge in [0, 0.05) is 29.5 Å². The molecular formula is C18H20N2O4. The average molecular weight is 328 g/mol. The lowest BCUT2D eigenvalue weighted by Gasteiger charge is -2.63. The number of amides is 2. The van der Waals surface area contributed by atoms with Gasteiger partial charge in [-0.3, -0.25) is 9.59 Å². The van der Waals surface area contributed by atoms with Gasteiger partial charge in [-0.05, 0) is 37.5 Å². The molecule has 3 unspecified atom stereocenters. The summed E-state index contributed by atoms with van der Waals surface area (Å²) in [6, 6.07) is 5.40. The molecule has 4 aliphatic rings. The largest absolute Gasteiger partial charge is 0.482 e. The predicted molar refractivity (Wildman–Crippen MR) is 86.0 cm³/mol. The van der Waals surface area contributed by atoms with E-state index in [0.717, 1.165) is 25.9 Å². The Balaban J connectivity index is 1.36. The average Bonchev–Trinajstić information content (AvgIpc) is 2.95. The van der Waals surface area contributed by atoms with Gasteiger partial charge in [0.15, 0.2) is 6.61 Å². The van der Waals surface area contributed by atoms with E-state index in [4.69, 9.17) is 9.47 Å². The number of hydrogen-bond acceptors (Lipinski definition) is 4. The van der Waals surface area contributed by atoms with Crippen LogP contribution in [-0.4, -0.2) is 37.2 Å². The van der Waals surface area contributed by atoms with E-state index >= 15 is 0 Å². The van der Waals surface area contributed by atoms with Crippen molar-refractivity contribution in [3.63, 3.8) is 0 Å². The van der Waals surface area contributed by atoms with Crippen LogP contribution in [0.5, 0.6) is 5.75 Å². The zero-order valence-corrected chi connectivity index (χ0v) is 13.3. The second-order valence-corrected chi connectivity index (χ2v) is 7.33. The van der Waals surface area contributed by atoms with E-state index in [1.165, 1.54) is 6.42 Å². The van der Waals surface area contributed by atoms with Gasteiger partial charge in [0.1, 0.15) is 5.75 Å². The summed E-state index contributed by atoms with van der Waals surface area (Å²) in [4.78, 5) is 24.2. The Morgan fingerprint density at radius 3 is 3.00 bits per heavy atom. The summed E-state index contributed by atoms with van der Waals surface area (Å²) < 4.78 is 11.2. The third-order valence-corrected chi connectivity index (χ3v) is 6.20. The molecule has 1 spiro atoms. The number of nitrogens with one attached hydrogen (secondary N) is 2. The first-order valence-electron chi connectivity index (χ1n) is 8.67. The molecule has 5 rings (SSSR count). The van der Waals surface area contributed by atoms with Crippen molar-refractivity contribution in [3.8, 4) is 5.75 Å². The van der Waals surface area contributed by atoms with Gasteiger partial charge in [0.05, 0.1) is 11.8 Å². The van der Waals surface area contributed by atoms with Gasteiger partial charge in [-0.25, -0.2) is 0 Å². The molecule has 2 N–H and O–H groups in total. The molecule has 3 fully saturated rings. The number of anilines is 1. The fraction of sp³-hybridized carbons (Fsp3) is 0.556. The molecular weight excluding hydrogens is 308 g/mol. The van der Waals surface area contributed by atoms with Crippen molar-refractivity contribution in [1.82, 2.24) is 5.32 Å². The van der Waals surface area contributed by atoms with Gasteiger partial charge in [0.25, 0.3) is 11.8 Å². The molecule has 2 heterocycles. The first-order valence-corrected chi connectivity index (χ1v) is 8.67. The molecule has 6 nitrogen and oxygen atoms in total. The number of carbonyl (C=O) groups excluding carboxylic acids is 2. The number of hydrogen-bond donors (Lipinski definition) is 2. The summed E-state index contributed by atoms with van der Waals surface area (Å²) in [6.07, 6.45) is 4.89. The summed E-state index contributed by atoms with van der Waals surface area (Å²) in [7, 11) is 0. The predicted octanol–water partition coefficient (Wildman–Crippen LogP) is 1.70. The molecule has 2 aliphatic heterocycles. The Bertz CT molecular complexity index is 728. The van der Waals surface area contributed by atoms with Crippen molar-refractivity contribution in [1.29, 1.82) is 0 Å². The third-order valence-electron chi connectivity index (χ3n) is 6.20. The van der Waals surface area contributed by atoms with Crippen LogP contribution in [-0.2, 0) is 9.53 Å². The first kappa shape index (κ1) is 14.3. The molecule has 0 aromatic heterocycles. The van der Waals surface area contributed by atoms with Crippen LogP contribution < -0.4 is 15.4 Å². The monoisotopic (exact) mass is 328 g/mol. The maximum absolute atomic E-state index is 12.7. The van der Waals surface area contributed by atoms with Gasteiger partial charge in [0.2, 0.25) is 0 Å². The molecule has 1 aromatic rings. The van der Waals surface area contributed by atoms with E-state index in [0.29, 0.717) is 29.0 Å². The number of ether oxygens (including phenoxy) is 2. The van der Waals surface area contributed by atoms with Gasteiger partial charge in [-0.2, -0.15) is 0 Å². The summed E-state index contributed by atoms with van der Waals surface area (Å²) >= 11 is 0. The molecule has 1 saturated heterocycles. The second kappa shape index (κ2) is 4.96. The van der Waals surface area contributed by atoms with E-state index in [-0.39, 0.29) is 29.9 Å². The molecule has 6 heteroatoms. The number of carbonyl (C=O) groups is 2. The Morgan fingerprint density at radius 2 is 2.21 bits per heavy atom. The molecule has 24 heavy (non-hydrogen) atoms. The lowest BCUT2D eigenvalue weighted by atomic mass is 9.46. The normalized spacial score (nSPS) is 31.8. The standard InChI is InChI=1S/C18H20N2O4/c21-14-9-24-13-3-2-10(8-12(13)19-14)17(22)20-15-11-4-7-23-16(11)18(15)5-1-6-18/h2-3,8,11,15-16H,1,4-7,9H2,(H,19,21)(H,20,22). The summed E-state index contributed by atoms with van der Waals surface area (Å²) in [5.74, 6) is 0.780. The first-order chi connectivity index (χ1) is 11.7. The zero-order chi connectivity index (χ0) is 16.3. The van der Waals surface area contributed by atoms with Crippen LogP contribution in [0.1, 0.15) is 36.0 Å². The van der Waals surface area contributed by atoms with Crippen molar-refractivity contribution in [2.75, 3.05) is 18.5 Å². The highest BCUT2D eigenvalue weighted by Crippen LogP contribution is 2.62. The van der Waals surface area contributed by atoms with Crippen LogP contribution in [0.25, 0.3) is 0 Å². The van der Waals surface area contributed by atoms with E-state index in [1.54, 1.807) is 18.2 Å². The SMILES string of the molecule is O=C1COc2ccc(C(=O)NC3C4CCOC4C34CCC4)cc2N1. The molecule has 2 amide bonds. The molecule has 0 radical (unpaired) electrons. The summed E-state index contributed by atoms with van der Waals surface area (Å²) in [5.41, 5.74) is 1.28. The van der Waals surface area contributed by atoms with Crippen LogP contribution in [0.15, 0.2) is 18.2 Å². The minimum absolute atomic E-state index is 0.0200. The second-order valence-electron chi connectivity index (χ2n) is 7.33. The molecule has 2 aliphatic carbocycles. The Kier molecular flexibility index (Phi) is 2.95. The highest BCUT2D eigenvalue weighted by Gasteiger charge is 2.66. The number of fused-ring (bicyclic) bond motifs is 3. The highest BCUT2D eigenvalue weighted by atomic mass is 16.5. The number of benzene rings is 1. The smallest absolute Gasteiger partial charge is 0.262 e. The number of rotatable bonds is 2.